The Labute approximate surface area is 152 Å². The zero-order valence-corrected chi connectivity index (χ0v) is 14.8. The molecule has 0 radical (unpaired) electrons. The SMILES string of the molecule is Cl.FC(F)(F)CC[C@@H](c1ccccc1SC(F)(F)F)N1CCNCC1. The van der Waals surface area contributed by atoms with Crippen LogP contribution in [0.15, 0.2) is 29.2 Å². The number of halogens is 7. The predicted molar refractivity (Wildman–Crippen MR) is 88.1 cm³/mol. The van der Waals surface area contributed by atoms with E-state index in [-0.39, 0.29) is 35.5 Å². The maximum absolute atomic E-state index is 12.8. The first-order valence-electron chi connectivity index (χ1n) is 7.52. The minimum absolute atomic E-state index is 0. The van der Waals surface area contributed by atoms with Crippen LogP contribution in [0.3, 0.4) is 0 Å². The van der Waals surface area contributed by atoms with Crippen molar-refractivity contribution >= 4 is 24.2 Å². The first-order valence-corrected chi connectivity index (χ1v) is 8.33. The number of nitrogens with zero attached hydrogens (tertiary/aromatic N) is 1. The van der Waals surface area contributed by atoms with Gasteiger partial charge in [0.15, 0.2) is 0 Å². The van der Waals surface area contributed by atoms with E-state index >= 15 is 0 Å². The van der Waals surface area contributed by atoms with Crippen LogP contribution in [-0.4, -0.2) is 42.8 Å². The van der Waals surface area contributed by atoms with Crippen molar-refractivity contribution in [3.05, 3.63) is 29.8 Å². The molecule has 144 valence electrons. The topological polar surface area (TPSA) is 15.3 Å². The molecule has 1 aromatic rings. The van der Waals surface area contributed by atoms with Crippen molar-refractivity contribution in [2.75, 3.05) is 26.2 Å². The van der Waals surface area contributed by atoms with Gasteiger partial charge in [-0.05, 0) is 29.8 Å². The summed E-state index contributed by atoms with van der Waals surface area (Å²) in [6.45, 7) is 2.23. The number of alkyl halides is 6. The van der Waals surface area contributed by atoms with Crippen LogP contribution in [0.4, 0.5) is 26.3 Å². The maximum Gasteiger partial charge on any atom is 0.446 e. The van der Waals surface area contributed by atoms with E-state index in [2.05, 4.69) is 5.32 Å². The third-order valence-corrected chi connectivity index (χ3v) is 4.62. The van der Waals surface area contributed by atoms with E-state index in [1.165, 1.54) is 18.2 Å². The normalized spacial score (nSPS) is 17.8. The van der Waals surface area contributed by atoms with Gasteiger partial charge in [0.05, 0.1) is 0 Å². The van der Waals surface area contributed by atoms with Crippen LogP contribution in [0.25, 0.3) is 0 Å². The molecule has 1 heterocycles. The quantitative estimate of drug-likeness (QED) is 0.544. The summed E-state index contributed by atoms with van der Waals surface area (Å²) in [5.74, 6) is 0. The Hall–Kier alpha value is -0.640. The van der Waals surface area contributed by atoms with Crippen molar-refractivity contribution in [3.8, 4) is 0 Å². The van der Waals surface area contributed by atoms with Crippen molar-refractivity contribution in [3.63, 3.8) is 0 Å². The molecule has 1 fully saturated rings. The number of hydrogen-bond acceptors (Lipinski definition) is 3. The molecule has 0 saturated carbocycles. The first-order chi connectivity index (χ1) is 11.2. The molecule has 0 bridgehead atoms. The largest absolute Gasteiger partial charge is 0.446 e. The highest BCUT2D eigenvalue weighted by atomic mass is 35.5. The van der Waals surface area contributed by atoms with Crippen LogP contribution in [-0.2, 0) is 0 Å². The summed E-state index contributed by atoms with van der Waals surface area (Å²) in [6.07, 6.45) is -5.61. The van der Waals surface area contributed by atoms with E-state index in [4.69, 9.17) is 0 Å². The Morgan fingerprint density at radius 2 is 1.64 bits per heavy atom. The fourth-order valence-corrected chi connectivity index (χ4v) is 3.52. The van der Waals surface area contributed by atoms with Gasteiger partial charge in [-0.3, -0.25) is 4.90 Å². The Kier molecular flexibility index (Phi) is 8.37. The molecular weight excluding hydrogens is 390 g/mol. The fraction of sp³-hybridized carbons (Fsp3) is 0.600. The zero-order chi connectivity index (χ0) is 17.8. The van der Waals surface area contributed by atoms with Crippen molar-refractivity contribution in [2.24, 2.45) is 0 Å². The Morgan fingerprint density at radius 1 is 1.04 bits per heavy atom. The second-order valence-electron chi connectivity index (χ2n) is 5.54. The van der Waals surface area contributed by atoms with Gasteiger partial charge in [0.1, 0.15) is 0 Å². The summed E-state index contributed by atoms with van der Waals surface area (Å²) in [7, 11) is 0. The first kappa shape index (κ1) is 22.4. The van der Waals surface area contributed by atoms with Crippen molar-refractivity contribution in [1.29, 1.82) is 0 Å². The minimum Gasteiger partial charge on any atom is -0.314 e. The molecule has 1 aliphatic heterocycles. The van der Waals surface area contributed by atoms with Gasteiger partial charge in [-0.25, -0.2) is 0 Å². The van der Waals surface area contributed by atoms with Crippen molar-refractivity contribution < 1.29 is 26.3 Å². The number of nitrogens with one attached hydrogen (secondary N) is 1. The lowest BCUT2D eigenvalue weighted by Crippen LogP contribution is -2.45. The lowest BCUT2D eigenvalue weighted by Gasteiger charge is -2.36. The molecule has 0 aliphatic carbocycles. The third kappa shape index (κ3) is 7.64. The number of thioether (sulfide) groups is 1. The molecule has 1 N–H and O–H groups in total. The molecule has 0 amide bonds. The molecule has 1 saturated heterocycles. The molecule has 1 aliphatic rings. The van der Waals surface area contributed by atoms with E-state index < -0.39 is 24.1 Å². The summed E-state index contributed by atoms with van der Waals surface area (Å²) in [5.41, 5.74) is -4.17. The molecule has 2 nitrogen and oxygen atoms in total. The van der Waals surface area contributed by atoms with Crippen molar-refractivity contribution in [1.82, 2.24) is 10.2 Å². The van der Waals surface area contributed by atoms with Gasteiger partial charge in [-0.2, -0.15) is 26.3 Å². The van der Waals surface area contributed by atoms with E-state index in [1.54, 1.807) is 6.07 Å². The Bertz CT molecular complexity index is 531. The second kappa shape index (κ2) is 9.34. The summed E-state index contributed by atoms with van der Waals surface area (Å²) >= 11 is -0.270. The van der Waals surface area contributed by atoms with E-state index in [0.29, 0.717) is 31.7 Å². The monoisotopic (exact) mass is 408 g/mol. The zero-order valence-electron chi connectivity index (χ0n) is 13.2. The van der Waals surface area contributed by atoms with Crippen LogP contribution >= 0.6 is 24.2 Å². The number of piperazine rings is 1. The number of hydrogen-bond donors (Lipinski definition) is 1. The van der Waals surface area contributed by atoms with Gasteiger partial charge in [-0.1, -0.05) is 18.2 Å². The van der Waals surface area contributed by atoms with Gasteiger partial charge < -0.3 is 5.32 Å². The fourth-order valence-electron chi connectivity index (χ4n) is 2.80. The highest BCUT2D eigenvalue weighted by Gasteiger charge is 2.35. The molecule has 2 rings (SSSR count). The van der Waals surface area contributed by atoms with Gasteiger partial charge >= 0.3 is 11.7 Å². The lowest BCUT2D eigenvalue weighted by molar-refractivity contribution is -0.138. The molecule has 1 atom stereocenters. The highest BCUT2D eigenvalue weighted by molar-refractivity contribution is 8.00. The second-order valence-corrected chi connectivity index (χ2v) is 6.65. The van der Waals surface area contributed by atoms with Crippen molar-refractivity contribution in [2.45, 2.75) is 35.5 Å². The van der Waals surface area contributed by atoms with Gasteiger partial charge in [0.25, 0.3) is 0 Å². The number of rotatable bonds is 5. The van der Waals surface area contributed by atoms with Crippen LogP contribution in [0, 0.1) is 0 Å². The maximum atomic E-state index is 12.8. The smallest absolute Gasteiger partial charge is 0.314 e. The number of benzene rings is 1. The van der Waals surface area contributed by atoms with E-state index in [0.717, 1.165) is 0 Å². The average Bonchev–Trinajstić information content (AvgIpc) is 2.47. The van der Waals surface area contributed by atoms with Crippen LogP contribution in [0.2, 0.25) is 0 Å². The standard InChI is InChI=1S/C15H18F6N2S.ClH/c16-14(17,18)6-5-12(23-9-7-22-8-10-23)11-3-1-2-4-13(11)24-15(19,20)21;/h1-4,12,22H,5-10H2;1H/t12-;/m0./s1. The Morgan fingerprint density at radius 3 is 2.20 bits per heavy atom. The van der Waals surface area contributed by atoms with Gasteiger partial charge in [-0.15, -0.1) is 12.4 Å². The van der Waals surface area contributed by atoms with Crippen LogP contribution in [0.5, 0.6) is 0 Å². The third-order valence-electron chi connectivity index (χ3n) is 3.80. The summed E-state index contributed by atoms with van der Waals surface area (Å²) in [6, 6.07) is 5.17. The van der Waals surface area contributed by atoms with Crippen LogP contribution < -0.4 is 5.32 Å². The average molecular weight is 409 g/mol. The molecule has 1 aromatic carbocycles. The van der Waals surface area contributed by atoms with E-state index in [9.17, 15) is 26.3 Å². The highest BCUT2D eigenvalue weighted by Crippen LogP contribution is 2.42. The van der Waals surface area contributed by atoms with Gasteiger partial charge in [0, 0.05) is 43.5 Å². The summed E-state index contributed by atoms with van der Waals surface area (Å²) < 4.78 is 76.2. The molecule has 0 unspecified atom stereocenters. The minimum atomic E-state index is -4.48. The molecule has 0 aromatic heterocycles. The van der Waals surface area contributed by atoms with E-state index in [1.807, 2.05) is 4.90 Å². The predicted octanol–water partition coefficient (Wildman–Crippen LogP) is 5.01. The summed E-state index contributed by atoms with van der Waals surface area (Å²) in [4.78, 5) is 1.80. The molecule has 0 spiro atoms. The Balaban J connectivity index is 0.00000312. The molecule has 25 heavy (non-hydrogen) atoms. The molecular formula is C15H19ClF6N2S. The summed E-state index contributed by atoms with van der Waals surface area (Å²) in [5, 5.41) is 3.10. The van der Waals surface area contributed by atoms with Gasteiger partial charge in [0.2, 0.25) is 0 Å². The lowest BCUT2D eigenvalue weighted by atomic mass is 9.99. The molecule has 10 heteroatoms. The van der Waals surface area contributed by atoms with Crippen LogP contribution in [0.1, 0.15) is 24.4 Å².